The van der Waals surface area contributed by atoms with E-state index in [4.69, 9.17) is 0 Å². The molecule has 0 aromatic rings. The molecule has 0 spiro atoms. The lowest BCUT2D eigenvalue weighted by Crippen LogP contribution is -2.41. The van der Waals surface area contributed by atoms with Crippen molar-refractivity contribution in [1.82, 2.24) is 0 Å². The molecule has 19 heavy (non-hydrogen) atoms. The van der Waals surface area contributed by atoms with Crippen LogP contribution in [0.4, 0.5) is 17.3 Å². The van der Waals surface area contributed by atoms with Crippen LogP contribution in [0, 0.1) is 0 Å². The molecular formula is C13H28BF4N. The quantitative estimate of drug-likeness (QED) is 0.270. The molecule has 6 heteroatoms. The molecule has 0 bridgehead atoms. The third-order valence-electron chi connectivity index (χ3n) is 3.70. The predicted octanol–water partition coefficient (Wildman–Crippen LogP) is 4.89. The van der Waals surface area contributed by atoms with Gasteiger partial charge in [0, 0.05) is 12.8 Å². The van der Waals surface area contributed by atoms with Gasteiger partial charge in [0.2, 0.25) is 0 Å². The lowest BCUT2D eigenvalue weighted by molar-refractivity contribution is -0.897. The van der Waals surface area contributed by atoms with Crippen molar-refractivity contribution in [3.8, 4) is 0 Å². The van der Waals surface area contributed by atoms with Gasteiger partial charge in [-0.3, -0.25) is 0 Å². The summed E-state index contributed by atoms with van der Waals surface area (Å²) in [6.45, 7) is 6.60. The van der Waals surface area contributed by atoms with Crippen LogP contribution in [0.5, 0.6) is 0 Å². The van der Waals surface area contributed by atoms with Gasteiger partial charge in [-0.1, -0.05) is 32.6 Å². The largest absolute Gasteiger partial charge is 0.673 e. The third-order valence-corrected chi connectivity index (χ3v) is 3.70. The van der Waals surface area contributed by atoms with Gasteiger partial charge in [-0.05, 0) is 12.8 Å². The topological polar surface area (TPSA) is 0 Å². The summed E-state index contributed by atoms with van der Waals surface area (Å²) in [5.41, 5.74) is 0. The molecule has 1 fully saturated rings. The zero-order valence-corrected chi connectivity index (χ0v) is 12.3. The van der Waals surface area contributed by atoms with E-state index in [1.165, 1.54) is 75.5 Å². The van der Waals surface area contributed by atoms with Crippen molar-refractivity contribution in [2.24, 2.45) is 0 Å². The Morgan fingerprint density at radius 3 is 1.74 bits per heavy atom. The highest BCUT2D eigenvalue weighted by Crippen LogP contribution is 2.18. The number of unbranched alkanes of at least 4 members (excludes halogenated alkanes) is 5. The Hall–Kier alpha value is -0.255. The minimum absolute atomic E-state index is 1.37. The Kier molecular flexibility index (Phi) is 9.49. The molecule has 1 saturated heterocycles. The highest BCUT2D eigenvalue weighted by Gasteiger charge is 2.25. The Balaban J connectivity index is 0.000000555. The van der Waals surface area contributed by atoms with E-state index in [1.807, 2.05) is 0 Å². The summed E-state index contributed by atoms with van der Waals surface area (Å²) in [7, 11) is -3.56. The van der Waals surface area contributed by atoms with E-state index in [2.05, 4.69) is 14.0 Å². The SMILES string of the molecule is CCCCCCCC[N+]1(C)CCCC1.F[B-](F)(F)F. The van der Waals surface area contributed by atoms with Crippen LogP contribution in [-0.4, -0.2) is 38.4 Å². The average molecular weight is 285 g/mol. The maximum atomic E-state index is 9.75. The van der Waals surface area contributed by atoms with Crippen LogP contribution in [-0.2, 0) is 0 Å². The van der Waals surface area contributed by atoms with Gasteiger partial charge in [-0.2, -0.15) is 0 Å². The summed E-state index contributed by atoms with van der Waals surface area (Å²) in [5.74, 6) is 0. The molecular weight excluding hydrogens is 257 g/mol. The van der Waals surface area contributed by atoms with Gasteiger partial charge in [-0.15, -0.1) is 0 Å². The van der Waals surface area contributed by atoms with Crippen LogP contribution < -0.4 is 0 Å². The van der Waals surface area contributed by atoms with Gasteiger partial charge >= 0.3 is 7.25 Å². The van der Waals surface area contributed by atoms with Crippen molar-refractivity contribution in [3.63, 3.8) is 0 Å². The first-order valence-corrected chi connectivity index (χ1v) is 7.48. The number of rotatable bonds is 7. The van der Waals surface area contributed by atoms with Crippen LogP contribution in [0.2, 0.25) is 0 Å². The fourth-order valence-corrected chi connectivity index (χ4v) is 2.60. The minimum Gasteiger partial charge on any atom is -0.418 e. The van der Waals surface area contributed by atoms with Gasteiger partial charge < -0.3 is 21.7 Å². The molecule has 1 nitrogen and oxygen atoms in total. The average Bonchev–Trinajstić information content (AvgIpc) is 2.68. The number of hydrogen-bond donors (Lipinski definition) is 0. The molecule has 0 aromatic heterocycles. The van der Waals surface area contributed by atoms with Crippen molar-refractivity contribution < 1.29 is 21.7 Å². The van der Waals surface area contributed by atoms with Crippen LogP contribution in [0.15, 0.2) is 0 Å². The molecule has 1 aliphatic heterocycles. The summed E-state index contributed by atoms with van der Waals surface area (Å²) in [6, 6.07) is 0. The molecule has 0 saturated carbocycles. The molecule has 0 radical (unpaired) electrons. The van der Waals surface area contributed by atoms with Crippen molar-refractivity contribution in [1.29, 1.82) is 0 Å². The lowest BCUT2D eigenvalue weighted by atomic mass is 10.1. The summed E-state index contributed by atoms with van der Waals surface area (Å²) in [6.07, 6.45) is 11.6. The van der Waals surface area contributed by atoms with Gasteiger partial charge in [-0.25, -0.2) is 0 Å². The highest BCUT2D eigenvalue weighted by molar-refractivity contribution is 6.50. The van der Waals surface area contributed by atoms with Crippen LogP contribution in [0.25, 0.3) is 0 Å². The maximum absolute atomic E-state index is 9.75. The zero-order chi connectivity index (χ0) is 14.8. The second-order valence-electron chi connectivity index (χ2n) is 5.76. The Labute approximate surface area is 115 Å². The molecule has 0 unspecified atom stereocenters. The van der Waals surface area contributed by atoms with E-state index in [1.54, 1.807) is 0 Å². The van der Waals surface area contributed by atoms with Crippen molar-refractivity contribution >= 4 is 7.25 Å². The van der Waals surface area contributed by atoms with E-state index in [-0.39, 0.29) is 0 Å². The molecule has 0 amide bonds. The number of likely N-dealkylation sites (tertiary alicyclic amines) is 1. The minimum atomic E-state index is -6.00. The smallest absolute Gasteiger partial charge is 0.418 e. The molecule has 0 atom stereocenters. The van der Waals surface area contributed by atoms with E-state index < -0.39 is 7.25 Å². The fourth-order valence-electron chi connectivity index (χ4n) is 2.60. The van der Waals surface area contributed by atoms with E-state index in [9.17, 15) is 17.3 Å². The van der Waals surface area contributed by atoms with Crippen molar-refractivity contribution in [2.75, 3.05) is 26.7 Å². The first kappa shape index (κ1) is 18.7. The second kappa shape index (κ2) is 9.62. The second-order valence-corrected chi connectivity index (χ2v) is 5.76. The van der Waals surface area contributed by atoms with Crippen LogP contribution >= 0.6 is 0 Å². The van der Waals surface area contributed by atoms with Gasteiger partial charge in [0.15, 0.2) is 0 Å². The van der Waals surface area contributed by atoms with Gasteiger partial charge in [0.05, 0.1) is 26.7 Å². The Morgan fingerprint density at radius 1 is 0.842 bits per heavy atom. The summed E-state index contributed by atoms with van der Waals surface area (Å²) in [4.78, 5) is 0. The maximum Gasteiger partial charge on any atom is 0.673 e. The standard InChI is InChI=1S/C13H28N.BF4/c1-3-4-5-6-7-8-11-14(2)12-9-10-13-14;2-1(3,4)5/h3-13H2,1-2H3;/q+1;-1. The summed E-state index contributed by atoms with van der Waals surface area (Å²) >= 11 is 0. The summed E-state index contributed by atoms with van der Waals surface area (Å²) in [5, 5.41) is 0. The Morgan fingerprint density at radius 2 is 1.26 bits per heavy atom. The van der Waals surface area contributed by atoms with Crippen LogP contribution in [0.1, 0.15) is 58.3 Å². The van der Waals surface area contributed by atoms with Crippen LogP contribution in [0.3, 0.4) is 0 Å². The molecule has 1 heterocycles. The number of halogens is 4. The third kappa shape index (κ3) is 14.0. The molecule has 0 N–H and O–H groups in total. The van der Waals surface area contributed by atoms with E-state index in [0.717, 1.165) is 0 Å². The summed E-state index contributed by atoms with van der Waals surface area (Å²) < 4.78 is 40.4. The number of nitrogens with zero attached hydrogens (tertiary/aromatic N) is 1. The molecule has 116 valence electrons. The molecule has 0 aromatic carbocycles. The number of hydrogen-bond acceptors (Lipinski definition) is 0. The molecule has 0 aliphatic carbocycles. The predicted molar refractivity (Wildman–Crippen MR) is 73.6 cm³/mol. The van der Waals surface area contributed by atoms with E-state index >= 15 is 0 Å². The monoisotopic (exact) mass is 285 g/mol. The van der Waals surface area contributed by atoms with Gasteiger partial charge in [0.1, 0.15) is 0 Å². The van der Waals surface area contributed by atoms with Gasteiger partial charge in [0.25, 0.3) is 0 Å². The zero-order valence-electron chi connectivity index (χ0n) is 12.3. The first-order chi connectivity index (χ1) is 8.77. The van der Waals surface area contributed by atoms with Crippen molar-refractivity contribution in [3.05, 3.63) is 0 Å². The lowest BCUT2D eigenvalue weighted by Gasteiger charge is -2.29. The first-order valence-electron chi connectivity index (χ1n) is 7.48. The highest BCUT2D eigenvalue weighted by atomic mass is 19.5. The Bertz CT molecular complexity index is 209. The normalized spacial score (nSPS) is 18.0. The van der Waals surface area contributed by atoms with E-state index in [0.29, 0.717) is 0 Å². The molecule has 1 rings (SSSR count). The fraction of sp³-hybridized carbons (Fsp3) is 1.00. The molecule has 1 aliphatic rings. The van der Waals surface area contributed by atoms with Crippen molar-refractivity contribution in [2.45, 2.75) is 58.3 Å². The number of quaternary nitrogens is 1.